The van der Waals surface area contributed by atoms with E-state index in [-0.39, 0.29) is 23.7 Å². The first-order valence-electron chi connectivity index (χ1n) is 7.99. The maximum Gasteiger partial charge on any atom is 0.241 e. The maximum atomic E-state index is 12.8. The standard InChI is InChI=1S/C16H30N2O2/c1-7-10(3)14-15(19)18(13(8-2)17-14)11-9-12(20-6)16(11,4)5/h10-14,17H,7-9H2,1-6H3. The second kappa shape index (κ2) is 5.64. The zero-order valence-electron chi connectivity index (χ0n) is 13.8. The molecule has 1 aliphatic carbocycles. The van der Waals surface area contributed by atoms with Gasteiger partial charge in [-0.1, -0.05) is 41.0 Å². The third-order valence-corrected chi connectivity index (χ3v) is 5.57. The van der Waals surface area contributed by atoms with Crippen molar-refractivity contribution in [1.29, 1.82) is 0 Å². The van der Waals surface area contributed by atoms with Crippen LogP contribution >= 0.6 is 0 Å². The molecule has 0 aromatic heterocycles. The van der Waals surface area contributed by atoms with Gasteiger partial charge in [-0.05, 0) is 18.8 Å². The minimum Gasteiger partial charge on any atom is -0.381 e. The monoisotopic (exact) mass is 282 g/mol. The van der Waals surface area contributed by atoms with Gasteiger partial charge >= 0.3 is 0 Å². The number of hydrogen-bond donors (Lipinski definition) is 1. The number of rotatable bonds is 5. The van der Waals surface area contributed by atoms with Crippen molar-refractivity contribution in [3.63, 3.8) is 0 Å². The minimum atomic E-state index is -0.0117. The number of nitrogens with one attached hydrogen (secondary N) is 1. The van der Waals surface area contributed by atoms with Crippen molar-refractivity contribution >= 4 is 5.91 Å². The fourth-order valence-corrected chi connectivity index (χ4v) is 3.74. The molecule has 20 heavy (non-hydrogen) atoms. The van der Waals surface area contributed by atoms with Gasteiger partial charge in [0.05, 0.1) is 18.3 Å². The van der Waals surface area contributed by atoms with E-state index in [1.54, 1.807) is 7.11 Å². The molecule has 5 unspecified atom stereocenters. The summed E-state index contributed by atoms with van der Waals surface area (Å²) in [6.45, 7) is 10.9. The predicted octanol–water partition coefficient (Wildman–Crippen LogP) is 2.38. The predicted molar refractivity (Wildman–Crippen MR) is 80.3 cm³/mol. The van der Waals surface area contributed by atoms with Crippen molar-refractivity contribution in [2.45, 2.75) is 78.2 Å². The zero-order valence-corrected chi connectivity index (χ0v) is 13.8. The van der Waals surface area contributed by atoms with E-state index in [1.165, 1.54) is 0 Å². The average Bonchev–Trinajstić information content (AvgIpc) is 2.74. The summed E-state index contributed by atoms with van der Waals surface area (Å²) in [5.74, 6) is 0.682. The molecule has 4 nitrogen and oxygen atoms in total. The van der Waals surface area contributed by atoms with E-state index in [4.69, 9.17) is 4.74 Å². The van der Waals surface area contributed by atoms with E-state index in [0.29, 0.717) is 17.9 Å². The molecule has 2 rings (SSSR count). The van der Waals surface area contributed by atoms with Crippen LogP contribution in [-0.2, 0) is 9.53 Å². The van der Waals surface area contributed by atoms with Crippen LogP contribution in [0.25, 0.3) is 0 Å². The molecular formula is C16H30N2O2. The fourth-order valence-electron chi connectivity index (χ4n) is 3.74. The molecule has 1 saturated carbocycles. The molecule has 1 N–H and O–H groups in total. The molecule has 2 fully saturated rings. The smallest absolute Gasteiger partial charge is 0.241 e. The second-order valence-electron chi connectivity index (χ2n) is 7.00. The Morgan fingerprint density at radius 1 is 1.45 bits per heavy atom. The molecular weight excluding hydrogens is 252 g/mol. The van der Waals surface area contributed by atoms with Crippen LogP contribution in [0.4, 0.5) is 0 Å². The van der Waals surface area contributed by atoms with Crippen molar-refractivity contribution in [2.24, 2.45) is 11.3 Å². The van der Waals surface area contributed by atoms with E-state index in [9.17, 15) is 4.79 Å². The Morgan fingerprint density at radius 3 is 2.55 bits per heavy atom. The third-order valence-electron chi connectivity index (χ3n) is 5.57. The first-order valence-corrected chi connectivity index (χ1v) is 7.99. The maximum absolute atomic E-state index is 12.8. The number of carbonyl (C=O) groups is 1. The molecule has 0 aromatic rings. The largest absolute Gasteiger partial charge is 0.381 e. The number of ether oxygens (including phenoxy) is 1. The SMILES string of the molecule is CCC(C)C1NC(CC)N(C2CC(OC)C2(C)C)C1=O. The Morgan fingerprint density at radius 2 is 2.10 bits per heavy atom. The van der Waals surface area contributed by atoms with Crippen molar-refractivity contribution in [3.05, 3.63) is 0 Å². The van der Waals surface area contributed by atoms with Crippen LogP contribution in [0.1, 0.15) is 53.9 Å². The van der Waals surface area contributed by atoms with Crippen LogP contribution in [0.3, 0.4) is 0 Å². The molecule has 0 bridgehead atoms. The van der Waals surface area contributed by atoms with E-state index >= 15 is 0 Å². The lowest BCUT2D eigenvalue weighted by Crippen LogP contribution is -2.64. The van der Waals surface area contributed by atoms with Gasteiger partial charge in [-0.3, -0.25) is 10.1 Å². The minimum absolute atomic E-state index is 0.0117. The Labute approximate surface area is 123 Å². The first kappa shape index (κ1) is 15.8. The van der Waals surface area contributed by atoms with Crippen LogP contribution in [0.2, 0.25) is 0 Å². The van der Waals surface area contributed by atoms with Gasteiger partial charge in [0, 0.05) is 18.6 Å². The van der Waals surface area contributed by atoms with E-state index in [0.717, 1.165) is 19.3 Å². The summed E-state index contributed by atoms with van der Waals surface area (Å²) in [4.78, 5) is 14.9. The first-order chi connectivity index (χ1) is 9.38. The number of hydrogen-bond acceptors (Lipinski definition) is 3. The highest BCUT2D eigenvalue weighted by molar-refractivity contribution is 5.85. The Kier molecular flexibility index (Phi) is 4.45. The van der Waals surface area contributed by atoms with Gasteiger partial charge in [0.2, 0.25) is 5.91 Å². The van der Waals surface area contributed by atoms with Gasteiger partial charge in [-0.2, -0.15) is 0 Å². The summed E-state index contributed by atoms with van der Waals surface area (Å²) < 4.78 is 5.53. The molecule has 4 heteroatoms. The highest BCUT2D eigenvalue weighted by Crippen LogP contribution is 2.47. The van der Waals surface area contributed by atoms with Gasteiger partial charge in [0.1, 0.15) is 0 Å². The van der Waals surface area contributed by atoms with Crippen molar-refractivity contribution in [3.8, 4) is 0 Å². The fraction of sp³-hybridized carbons (Fsp3) is 0.938. The quantitative estimate of drug-likeness (QED) is 0.842. The third kappa shape index (κ3) is 2.27. The number of amides is 1. The lowest BCUT2D eigenvalue weighted by Gasteiger charge is -2.55. The van der Waals surface area contributed by atoms with E-state index < -0.39 is 0 Å². The van der Waals surface area contributed by atoms with Crippen molar-refractivity contribution < 1.29 is 9.53 Å². The summed E-state index contributed by atoms with van der Waals surface area (Å²) in [7, 11) is 1.77. The normalized spacial score (nSPS) is 37.9. The van der Waals surface area contributed by atoms with Gasteiger partial charge in [-0.15, -0.1) is 0 Å². The average molecular weight is 282 g/mol. The van der Waals surface area contributed by atoms with Crippen LogP contribution < -0.4 is 5.32 Å². The molecule has 0 radical (unpaired) electrons. The Balaban J connectivity index is 2.16. The molecule has 1 amide bonds. The summed E-state index contributed by atoms with van der Waals surface area (Å²) in [6.07, 6.45) is 3.40. The molecule has 1 heterocycles. The van der Waals surface area contributed by atoms with Crippen LogP contribution in [0.5, 0.6) is 0 Å². The summed E-state index contributed by atoms with van der Waals surface area (Å²) in [5.41, 5.74) is 0.0455. The van der Waals surface area contributed by atoms with E-state index in [2.05, 4.69) is 44.8 Å². The van der Waals surface area contributed by atoms with Gasteiger partial charge in [-0.25, -0.2) is 0 Å². The highest BCUT2D eigenvalue weighted by Gasteiger charge is 2.56. The summed E-state index contributed by atoms with van der Waals surface area (Å²) in [6, 6.07) is 0.286. The van der Waals surface area contributed by atoms with Gasteiger partial charge in [0.15, 0.2) is 0 Å². The Hall–Kier alpha value is -0.610. The number of carbonyl (C=O) groups excluding carboxylic acids is 1. The lowest BCUT2D eigenvalue weighted by molar-refractivity contribution is -0.162. The summed E-state index contributed by atoms with van der Waals surface area (Å²) in [5, 5.41) is 3.55. The molecule has 2 aliphatic rings. The molecule has 0 aromatic carbocycles. The molecule has 116 valence electrons. The van der Waals surface area contributed by atoms with Gasteiger partial charge in [0.25, 0.3) is 0 Å². The van der Waals surface area contributed by atoms with Crippen molar-refractivity contribution in [1.82, 2.24) is 10.2 Å². The lowest BCUT2D eigenvalue weighted by atomic mass is 9.63. The Bertz CT molecular complexity index is 369. The molecule has 5 atom stereocenters. The van der Waals surface area contributed by atoms with E-state index in [1.807, 2.05) is 0 Å². The van der Waals surface area contributed by atoms with Gasteiger partial charge < -0.3 is 9.64 Å². The highest BCUT2D eigenvalue weighted by atomic mass is 16.5. The molecule has 0 spiro atoms. The van der Waals surface area contributed by atoms with Crippen LogP contribution in [0.15, 0.2) is 0 Å². The molecule has 1 saturated heterocycles. The van der Waals surface area contributed by atoms with Crippen molar-refractivity contribution in [2.75, 3.05) is 7.11 Å². The summed E-state index contributed by atoms with van der Waals surface area (Å²) >= 11 is 0. The zero-order chi connectivity index (χ0) is 15.1. The second-order valence-corrected chi connectivity index (χ2v) is 7.00. The number of methoxy groups -OCH3 is 1. The van der Waals surface area contributed by atoms with Crippen LogP contribution in [-0.4, -0.2) is 42.3 Å². The number of nitrogens with zero attached hydrogens (tertiary/aromatic N) is 1. The topological polar surface area (TPSA) is 41.6 Å². The molecule has 1 aliphatic heterocycles. The van der Waals surface area contributed by atoms with Crippen LogP contribution in [0, 0.1) is 11.3 Å².